The Kier molecular flexibility index (Phi) is 10.9. The number of likely N-dealkylation sites (tertiary alicyclic amines) is 1. The van der Waals surface area contributed by atoms with Gasteiger partial charge in [0, 0.05) is 55.5 Å². The van der Waals surface area contributed by atoms with Crippen LogP contribution < -0.4 is 26.0 Å². The van der Waals surface area contributed by atoms with Crippen LogP contribution in [0.5, 0.6) is 5.75 Å². The second-order valence-corrected chi connectivity index (χ2v) is 16.4. The predicted molar refractivity (Wildman–Crippen MR) is 215 cm³/mol. The summed E-state index contributed by atoms with van der Waals surface area (Å²) in [5.74, 6) is 2.01. The van der Waals surface area contributed by atoms with E-state index in [1.165, 1.54) is 12.0 Å². The number of amides is 2. The Balaban J connectivity index is 1.05. The largest absolute Gasteiger partial charge is 0.484 e. The number of nitrogens with one attached hydrogen (secondary N) is 2. The van der Waals surface area contributed by atoms with Crippen LogP contribution in [-0.4, -0.2) is 82.1 Å². The van der Waals surface area contributed by atoms with E-state index in [4.69, 9.17) is 15.5 Å². The van der Waals surface area contributed by atoms with Crippen LogP contribution in [0.2, 0.25) is 0 Å². The number of nitrogens with two attached hydrogens (primary N) is 1. The maximum absolute atomic E-state index is 13.7. The Labute approximate surface area is 319 Å². The summed E-state index contributed by atoms with van der Waals surface area (Å²) in [4.78, 5) is 25.7. The van der Waals surface area contributed by atoms with Gasteiger partial charge in [0.15, 0.2) is 5.65 Å². The first-order valence-corrected chi connectivity index (χ1v) is 19.4. The second-order valence-electron chi connectivity index (χ2n) is 16.4. The molecule has 3 atom stereocenters. The number of hydrogen-bond donors (Lipinski definition) is 3. The second kappa shape index (κ2) is 15.8. The van der Waals surface area contributed by atoms with Gasteiger partial charge in [-0.1, -0.05) is 57.2 Å². The molecule has 4 aromatic rings. The number of rotatable bonds is 9. The van der Waals surface area contributed by atoms with Crippen molar-refractivity contribution in [3.63, 3.8) is 0 Å². The minimum atomic E-state index is -0.338. The highest BCUT2D eigenvalue weighted by molar-refractivity contribution is 6.05. The van der Waals surface area contributed by atoms with E-state index in [0.717, 1.165) is 79.6 Å². The summed E-state index contributed by atoms with van der Waals surface area (Å²) in [6.07, 6.45) is 8.59. The topological polar surface area (TPSA) is 129 Å². The van der Waals surface area contributed by atoms with Gasteiger partial charge >= 0.3 is 6.03 Å². The third-order valence-electron chi connectivity index (χ3n) is 11.1. The molecule has 2 aromatic heterocycles. The highest BCUT2D eigenvalue weighted by atomic mass is 16.5. The van der Waals surface area contributed by atoms with Gasteiger partial charge in [0.05, 0.1) is 17.9 Å². The fourth-order valence-corrected chi connectivity index (χ4v) is 7.60. The van der Waals surface area contributed by atoms with Crippen molar-refractivity contribution in [1.82, 2.24) is 35.0 Å². The van der Waals surface area contributed by atoms with Gasteiger partial charge in [-0.3, -0.25) is 14.6 Å². The van der Waals surface area contributed by atoms with Crippen LogP contribution in [0.3, 0.4) is 0 Å². The monoisotopic (exact) mass is 732 g/mol. The van der Waals surface area contributed by atoms with E-state index in [1.54, 1.807) is 6.08 Å². The number of aliphatic imine (C=N–C) groups is 1. The quantitative estimate of drug-likeness (QED) is 0.128. The predicted octanol–water partition coefficient (Wildman–Crippen LogP) is 6.73. The summed E-state index contributed by atoms with van der Waals surface area (Å²) < 4.78 is 8.72. The number of hydrogen-bond acceptors (Lipinski definition) is 9. The molecule has 2 aromatic carbocycles. The summed E-state index contributed by atoms with van der Waals surface area (Å²) in [6, 6.07) is 20.8. The van der Waals surface area contributed by atoms with E-state index in [-0.39, 0.29) is 23.6 Å². The molecular formula is C42H56N10O2. The summed E-state index contributed by atoms with van der Waals surface area (Å²) in [5, 5.41) is 15.2. The maximum Gasteiger partial charge on any atom is 0.320 e. The zero-order valence-electron chi connectivity index (χ0n) is 32.6. The van der Waals surface area contributed by atoms with Gasteiger partial charge < -0.3 is 25.6 Å². The minimum absolute atomic E-state index is 0.169. The Bertz CT molecular complexity index is 2010. The number of aromatic nitrogens is 3. The van der Waals surface area contributed by atoms with Crippen LogP contribution in [0, 0.1) is 5.41 Å². The molecule has 2 fully saturated rings. The molecule has 0 radical (unpaired) electrons. The SMILES string of the molecule is C[C@H]1CCCCN1c1nnc2ccc(O[C@@H]3CC[C@H](NC(=O)NC(C=C(N)C(C)(C)C)=Nc4cccc(CN5CC(N(C)C)C5)c4)c4ccccc43)cn12. The van der Waals surface area contributed by atoms with Crippen LogP contribution in [0.15, 0.2) is 83.6 Å². The molecule has 3 aliphatic rings. The van der Waals surface area contributed by atoms with Crippen molar-refractivity contribution < 1.29 is 9.53 Å². The molecule has 2 amide bonds. The van der Waals surface area contributed by atoms with Gasteiger partial charge in [-0.15, -0.1) is 10.2 Å². The fourth-order valence-electron chi connectivity index (χ4n) is 7.60. The lowest BCUT2D eigenvalue weighted by Crippen LogP contribution is -2.56. The van der Waals surface area contributed by atoms with Crippen molar-refractivity contribution >= 4 is 29.1 Å². The molecule has 0 unspecified atom stereocenters. The molecule has 12 heteroatoms. The number of urea groups is 1. The van der Waals surface area contributed by atoms with Crippen molar-refractivity contribution in [3.8, 4) is 5.75 Å². The highest BCUT2D eigenvalue weighted by Gasteiger charge is 2.31. The number of carbonyl (C=O) groups is 1. The smallest absolute Gasteiger partial charge is 0.320 e. The molecule has 2 aliphatic heterocycles. The number of pyridine rings is 1. The van der Waals surface area contributed by atoms with Crippen molar-refractivity contribution in [2.45, 2.75) is 90.6 Å². The summed E-state index contributed by atoms with van der Waals surface area (Å²) in [7, 11) is 4.26. The number of likely N-dealkylation sites (N-methyl/N-ethyl adjacent to an activating group) is 1. The van der Waals surface area contributed by atoms with Gasteiger partial charge in [0.2, 0.25) is 5.95 Å². The molecule has 7 rings (SSSR count). The lowest BCUT2D eigenvalue weighted by molar-refractivity contribution is 0.0574. The number of benzene rings is 2. The minimum Gasteiger partial charge on any atom is -0.484 e. The van der Waals surface area contributed by atoms with Gasteiger partial charge in [-0.2, -0.15) is 0 Å². The number of amidine groups is 1. The summed E-state index contributed by atoms with van der Waals surface area (Å²) in [5.41, 5.74) is 11.7. The first-order valence-electron chi connectivity index (χ1n) is 19.4. The van der Waals surface area contributed by atoms with E-state index >= 15 is 0 Å². The van der Waals surface area contributed by atoms with Gasteiger partial charge in [0.1, 0.15) is 17.7 Å². The zero-order valence-corrected chi connectivity index (χ0v) is 32.6. The molecule has 4 N–H and O–H groups in total. The third-order valence-corrected chi connectivity index (χ3v) is 11.1. The number of anilines is 1. The number of ether oxygens (including phenoxy) is 1. The first kappa shape index (κ1) is 37.4. The van der Waals surface area contributed by atoms with E-state index in [2.05, 4.69) is 80.8 Å². The third kappa shape index (κ3) is 8.55. The Hall–Kier alpha value is -4.94. The molecule has 0 bridgehead atoms. The lowest BCUT2D eigenvalue weighted by atomic mass is 9.85. The summed E-state index contributed by atoms with van der Waals surface area (Å²) >= 11 is 0. The Morgan fingerprint density at radius 1 is 1.02 bits per heavy atom. The van der Waals surface area contributed by atoms with E-state index < -0.39 is 0 Å². The molecule has 286 valence electrons. The van der Waals surface area contributed by atoms with Crippen LogP contribution in [0.4, 0.5) is 16.4 Å². The average Bonchev–Trinajstić information content (AvgIpc) is 3.53. The Morgan fingerprint density at radius 2 is 1.81 bits per heavy atom. The van der Waals surface area contributed by atoms with E-state index in [9.17, 15) is 4.79 Å². The highest BCUT2D eigenvalue weighted by Crippen LogP contribution is 2.39. The number of piperidine rings is 1. The number of allylic oxidation sites excluding steroid dienone is 1. The van der Waals surface area contributed by atoms with Crippen molar-refractivity contribution in [1.29, 1.82) is 0 Å². The molecule has 1 aliphatic carbocycles. The standard InChI is InChI=1S/C42H56N10O2/c1-28-12-9-10-21-51(28)41-48-47-39-20-17-32(27-52(39)41)54-36-19-18-35(33-15-7-8-16-34(33)36)45-40(53)46-38(23-37(43)42(2,3)4)44-30-14-11-13-29(22-30)24-50-25-31(26-50)49(5)6/h7-8,11,13-17,20,22-23,27-28,31,35-36H,9-10,12,18-19,21,24-26,43H2,1-6H3,(H2,44,45,46,53)/t28-,35-,36+/m0/s1. The zero-order chi connectivity index (χ0) is 38.0. The van der Waals surface area contributed by atoms with Crippen molar-refractivity contribution in [2.75, 3.05) is 38.6 Å². The molecular weight excluding hydrogens is 677 g/mol. The number of nitrogens with zero attached hydrogens (tertiary/aromatic N) is 7. The molecule has 2 saturated heterocycles. The van der Waals surface area contributed by atoms with Crippen molar-refractivity contribution in [2.24, 2.45) is 16.1 Å². The van der Waals surface area contributed by atoms with Crippen LogP contribution in [-0.2, 0) is 6.54 Å². The van der Waals surface area contributed by atoms with E-state index in [1.807, 2.05) is 67.8 Å². The van der Waals surface area contributed by atoms with Crippen LogP contribution in [0.1, 0.15) is 88.6 Å². The molecule has 12 nitrogen and oxygen atoms in total. The molecule has 0 spiro atoms. The van der Waals surface area contributed by atoms with E-state index in [0.29, 0.717) is 30.0 Å². The Morgan fingerprint density at radius 3 is 2.57 bits per heavy atom. The van der Waals surface area contributed by atoms with Gasteiger partial charge in [-0.25, -0.2) is 9.79 Å². The first-order chi connectivity index (χ1) is 25.9. The van der Waals surface area contributed by atoms with Crippen LogP contribution >= 0.6 is 0 Å². The number of carbonyl (C=O) groups excluding carboxylic acids is 1. The van der Waals surface area contributed by atoms with Gasteiger partial charge in [-0.05, 0) is 94.1 Å². The molecule has 4 heterocycles. The van der Waals surface area contributed by atoms with Crippen molar-refractivity contribution in [3.05, 3.63) is 95.3 Å². The lowest BCUT2D eigenvalue weighted by Gasteiger charge is -2.42. The van der Waals surface area contributed by atoms with Crippen LogP contribution in [0.25, 0.3) is 5.65 Å². The maximum atomic E-state index is 13.7. The normalized spacial score (nSPS) is 21.5. The average molecular weight is 733 g/mol. The molecule has 54 heavy (non-hydrogen) atoms. The molecule has 0 saturated carbocycles. The van der Waals surface area contributed by atoms with Gasteiger partial charge in [0.25, 0.3) is 0 Å². The fraction of sp³-hybridized carbons (Fsp3) is 0.476. The number of fused-ring (bicyclic) bond motifs is 2. The summed E-state index contributed by atoms with van der Waals surface area (Å²) in [6.45, 7) is 12.3.